The molecule has 1 aromatic rings. The summed E-state index contributed by atoms with van der Waals surface area (Å²) in [5.41, 5.74) is 5.00. The van der Waals surface area contributed by atoms with Gasteiger partial charge in [-0.05, 0) is 19.3 Å². The molecule has 0 spiro atoms. The number of hydrogen-bond acceptors (Lipinski definition) is 8. The average Bonchev–Trinajstić information content (AvgIpc) is 2.52. The standard InChI is InChI=1S/C12H21N7O2/c1-14-10-16-11(15-7-8(20)9(13)21)18-12(17-10)19-5-3-2-4-6-19/h8,20H,2-7H2,1H3,(H2,13,21)(H2,14,15,16,17,18). The molecule has 0 radical (unpaired) electrons. The number of nitrogens with one attached hydrogen (secondary N) is 2. The number of aliphatic hydroxyl groups excluding tert-OH is 1. The molecule has 0 bridgehead atoms. The molecule has 0 saturated carbocycles. The van der Waals surface area contributed by atoms with Crippen molar-refractivity contribution in [2.24, 2.45) is 5.73 Å². The monoisotopic (exact) mass is 295 g/mol. The summed E-state index contributed by atoms with van der Waals surface area (Å²) in [6.45, 7) is 1.79. The van der Waals surface area contributed by atoms with Crippen LogP contribution < -0.4 is 21.3 Å². The van der Waals surface area contributed by atoms with E-state index in [0.29, 0.717) is 17.8 Å². The fourth-order valence-corrected chi connectivity index (χ4v) is 2.08. The highest BCUT2D eigenvalue weighted by molar-refractivity contribution is 5.79. The largest absolute Gasteiger partial charge is 0.381 e. The van der Waals surface area contributed by atoms with Crippen LogP contribution >= 0.6 is 0 Å². The molecule has 1 aromatic heterocycles. The molecule has 9 heteroatoms. The SMILES string of the molecule is CNc1nc(NCC(O)C(N)=O)nc(N2CCCCC2)n1. The van der Waals surface area contributed by atoms with Crippen molar-refractivity contribution in [1.29, 1.82) is 0 Å². The van der Waals surface area contributed by atoms with Gasteiger partial charge >= 0.3 is 0 Å². The number of aromatic nitrogens is 3. The molecule has 116 valence electrons. The minimum Gasteiger partial charge on any atom is -0.381 e. The Morgan fingerprint density at radius 3 is 2.57 bits per heavy atom. The van der Waals surface area contributed by atoms with E-state index in [0.717, 1.165) is 25.9 Å². The van der Waals surface area contributed by atoms with Gasteiger partial charge in [0.15, 0.2) is 0 Å². The maximum Gasteiger partial charge on any atom is 0.248 e. The third kappa shape index (κ3) is 4.15. The van der Waals surface area contributed by atoms with Crippen LogP contribution in [0.1, 0.15) is 19.3 Å². The van der Waals surface area contributed by atoms with E-state index in [2.05, 4.69) is 30.5 Å². The minimum absolute atomic E-state index is 0.0397. The highest BCUT2D eigenvalue weighted by atomic mass is 16.3. The van der Waals surface area contributed by atoms with E-state index < -0.39 is 12.0 Å². The van der Waals surface area contributed by atoms with Gasteiger partial charge in [0.25, 0.3) is 0 Å². The van der Waals surface area contributed by atoms with Crippen LogP contribution in [0.15, 0.2) is 0 Å². The quantitative estimate of drug-likeness (QED) is 0.534. The first-order valence-corrected chi connectivity index (χ1v) is 7.00. The molecule has 0 aliphatic carbocycles. The Labute approximate surface area is 123 Å². The predicted octanol–water partition coefficient (Wildman–Crippen LogP) is -0.838. The summed E-state index contributed by atoms with van der Waals surface area (Å²) in [5, 5.41) is 15.1. The second-order valence-corrected chi connectivity index (χ2v) is 4.88. The number of nitrogens with zero attached hydrogens (tertiary/aromatic N) is 4. The fourth-order valence-electron chi connectivity index (χ4n) is 2.08. The van der Waals surface area contributed by atoms with Gasteiger partial charge in [-0.2, -0.15) is 15.0 Å². The molecular formula is C12H21N7O2. The van der Waals surface area contributed by atoms with Crippen molar-refractivity contribution in [2.75, 3.05) is 42.2 Å². The Hall–Kier alpha value is -2.16. The lowest BCUT2D eigenvalue weighted by Gasteiger charge is -2.27. The number of piperidine rings is 1. The second kappa shape index (κ2) is 7.02. The Morgan fingerprint density at radius 2 is 1.95 bits per heavy atom. The lowest BCUT2D eigenvalue weighted by Crippen LogP contribution is -2.35. The van der Waals surface area contributed by atoms with Crippen LogP contribution in [-0.4, -0.2) is 58.8 Å². The van der Waals surface area contributed by atoms with E-state index in [1.165, 1.54) is 6.42 Å². The summed E-state index contributed by atoms with van der Waals surface area (Å²) in [6.07, 6.45) is 2.17. The van der Waals surface area contributed by atoms with Crippen molar-refractivity contribution in [3.63, 3.8) is 0 Å². The van der Waals surface area contributed by atoms with Crippen LogP contribution in [0.25, 0.3) is 0 Å². The Morgan fingerprint density at radius 1 is 1.29 bits per heavy atom. The van der Waals surface area contributed by atoms with E-state index in [9.17, 15) is 9.90 Å². The number of aliphatic hydroxyl groups is 1. The molecule has 9 nitrogen and oxygen atoms in total. The first-order chi connectivity index (χ1) is 10.1. The average molecular weight is 295 g/mol. The summed E-state index contributed by atoms with van der Waals surface area (Å²) in [7, 11) is 1.72. The maximum atomic E-state index is 10.8. The van der Waals surface area contributed by atoms with Gasteiger partial charge in [0, 0.05) is 20.1 Å². The molecule has 2 rings (SSSR count). The smallest absolute Gasteiger partial charge is 0.248 e. The molecule has 1 amide bonds. The van der Waals surface area contributed by atoms with Gasteiger partial charge in [-0.25, -0.2) is 0 Å². The van der Waals surface area contributed by atoms with Gasteiger partial charge in [0.1, 0.15) is 6.10 Å². The van der Waals surface area contributed by atoms with E-state index in [1.54, 1.807) is 7.05 Å². The molecule has 1 aliphatic rings. The third-order valence-corrected chi connectivity index (χ3v) is 3.27. The highest BCUT2D eigenvalue weighted by Gasteiger charge is 2.17. The van der Waals surface area contributed by atoms with Crippen molar-refractivity contribution >= 4 is 23.8 Å². The Balaban J connectivity index is 2.11. The molecule has 21 heavy (non-hydrogen) atoms. The number of rotatable bonds is 6. The normalized spacial score (nSPS) is 16.4. The molecular weight excluding hydrogens is 274 g/mol. The van der Waals surface area contributed by atoms with Gasteiger partial charge in [-0.3, -0.25) is 4.79 Å². The first-order valence-electron chi connectivity index (χ1n) is 7.00. The topological polar surface area (TPSA) is 129 Å². The Bertz CT molecular complexity index is 490. The van der Waals surface area contributed by atoms with Crippen molar-refractivity contribution in [2.45, 2.75) is 25.4 Å². The van der Waals surface area contributed by atoms with Gasteiger partial charge in [0.2, 0.25) is 23.8 Å². The van der Waals surface area contributed by atoms with E-state index >= 15 is 0 Å². The van der Waals surface area contributed by atoms with Crippen molar-refractivity contribution < 1.29 is 9.90 Å². The van der Waals surface area contributed by atoms with E-state index in [-0.39, 0.29) is 6.54 Å². The first kappa shape index (κ1) is 15.2. The predicted molar refractivity (Wildman–Crippen MR) is 79.1 cm³/mol. The number of primary amides is 1. The molecule has 2 heterocycles. The van der Waals surface area contributed by atoms with Gasteiger partial charge < -0.3 is 26.4 Å². The van der Waals surface area contributed by atoms with Crippen LogP contribution in [0.5, 0.6) is 0 Å². The zero-order valence-electron chi connectivity index (χ0n) is 12.0. The lowest BCUT2D eigenvalue weighted by molar-refractivity contribution is -0.125. The van der Waals surface area contributed by atoms with Crippen LogP contribution in [0, 0.1) is 0 Å². The number of nitrogens with two attached hydrogens (primary N) is 1. The summed E-state index contributed by atoms with van der Waals surface area (Å²) < 4.78 is 0. The molecule has 1 saturated heterocycles. The number of carbonyl (C=O) groups excluding carboxylic acids is 1. The van der Waals surface area contributed by atoms with Gasteiger partial charge in [-0.15, -0.1) is 0 Å². The van der Waals surface area contributed by atoms with E-state index in [1.807, 2.05) is 0 Å². The molecule has 1 aliphatic heterocycles. The van der Waals surface area contributed by atoms with Crippen LogP contribution in [0.2, 0.25) is 0 Å². The van der Waals surface area contributed by atoms with Crippen molar-refractivity contribution in [3.05, 3.63) is 0 Å². The van der Waals surface area contributed by atoms with E-state index in [4.69, 9.17) is 5.73 Å². The third-order valence-electron chi connectivity index (χ3n) is 3.27. The Kier molecular flexibility index (Phi) is 5.09. The fraction of sp³-hybridized carbons (Fsp3) is 0.667. The summed E-state index contributed by atoms with van der Waals surface area (Å²) in [6, 6.07) is 0. The summed E-state index contributed by atoms with van der Waals surface area (Å²) >= 11 is 0. The number of amides is 1. The van der Waals surface area contributed by atoms with Crippen LogP contribution in [0.3, 0.4) is 0 Å². The van der Waals surface area contributed by atoms with Crippen molar-refractivity contribution in [1.82, 2.24) is 15.0 Å². The number of carbonyl (C=O) groups is 1. The zero-order valence-corrected chi connectivity index (χ0v) is 12.0. The van der Waals surface area contributed by atoms with Gasteiger partial charge in [0.05, 0.1) is 6.54 Å². The van der Waals surface area contributed by atoms with Crippen molar-refractivity contribution in [3.8, 4) is 0 Å². The van der Waals surface area contributed by atoms with Crippen LogP contribution in [0.4, 0.5) is 17.8 Å². The van der Waals surface area contributed by atoms with Crippen LogP contribution in [-0.2, 0) is 4.79 Å². The molecule has 1 unspecified atom stereocenters. The number of anilines is 3. The summed E-state index contributed by atoms with van der Waals surface area (Å²) in [5.74, 6) is 0.531. The molecule has 1 atom stereocenters. The second-order valence-electron chi connectivity index (χ2n) is 4.88. The summed E-state index contributed by atoms with van der Waals surface area (Å²) in [4.78, 5) is 25.7. The lowest BCUT2D eigenvalue weighted by atomic mass is 10.1. The highest BCUT2D eigenvalue weighted by Crippen LogP contribution is 2.18. The molecule has 1 fully saturated rings. The molecule has 5 N–H and O–H groups in total. The van der Waals surface area contributed by atoms with Gasteiger partial charge in [-0.1, -0.05) is 0 Å². The number of hydrogen-bond donors (Lipinski definition) is 4. The zero-order chi connectivity index (χ0) is 15.2. The minimum atomic E-state index is -1.28. The maximum absolute atomic E-state index is 10.8. The molecule has 0 aromatic carbocycles.